The van der Waals surface area contributed by atoms with E-state index >= 15 is 0 Å². The summed E-state index contributed by atoms with van der Waals surface area (Å²) in [7, 11) is 0. The van der Waals surface area contributed by atoms with Gasteiger partial charge in [-0.3, -0.25) is 9.69 Å². The van der Waals surface area contributed by atoms with Crippen molar-refractivity contribution in [1.29, 1.82) is 0 Å². The summed E-state index contributed by atoms with van der Waals surface area (Å²) in [6.45, 7) is 8.28. The van der Waals surface area contributed by atoms with E-state index < -0.39 is 0 Å². The molecule has 0 radical (unpaired) electrons. The molecule has 3 nitrogen and oxygen atoms in total. The van der Waals surface area contributed by atoms with E-state index in [2.05, 4.69) is 55.9 Å². The number of rotatable bonds is 5. The van der Waals surface area contributed by atoms with Crippen LogP contribution in [0.3, 0.4) is 0 Å². The molecule has 0 unspecified atom stereocenters. The molecule has 0 aliphatic rings. The molecule has 0 saturated heterocycles. The van der Waals surface area contributed by atoms with E-state index in [1.54, 1.807) is 0 Å². The normalized spacial score (nSPS) is 10.2. The van der Waals surface area contributed by atoms with Crippen molar-refractivity contribution >= 4 is 55.9 Å². The lowest BCUT2D eigenvalue weighted by Crippen LogP contribution is -2.33. The number of hydrogen-bond acceptors (Lipinski definition) is 2. The third kappa shape index (κ3) is 5.81. The van der Waals surface area contributed by atoms with Crippen LogP contribution in [0.25, 0.3) is 0 Å². The van der Waals surface area contributed by atoms with Crippen LogP contribution in [0.15, 0.2) is 21.1 Å². The highest BCUT2D eigenvalue weighted by molar-refractivity contribution is 9.11. The van der Waals surface area contributed by atoms with Gasteiger partial charge in [0.2, 0.25) is 5.91 Å². The van der Waals surface area contributed by atoms with E-state index in [9.17, 15) is 4.79 Å². The van der Waals surface area contributed by atoms with Crippen molar-refractivity contribution in [2.45, 2.75) is 20.8 Å². The first-order valence-electron chi connectivity index (χ1n) is 5.95. The van der Waals surface area contributed by atoms with Crippen molar-refractivity contribution in [2.24, 2.45) is 0 Å². The van der Waals surface area contributed by atoms with E-state index in [0.29, 0.717) is 6.54 Å². The average molecular weight is 415 g/mol. The number of anilines is 1. The first-order chi connectivity index (χ1) is 8.47. The number of nitrogens with zero attached hydrogens (tertiary/aromatic N) is 1. The summed E-state index contributed by atoms with van der Waals surface area (Å²) in [6, 6.07) is 3.97. The van der Waals surface area contributed by atoms with Gasteiger partial charge in [0, 0.05) is 8.95 Å². The standard InChI is InChI=1S/C13H18Br2N2O.ClH/c1-4-17(5-2)8-12(18)16-13-10(14)6-9(3)7-11(13)15;/h6-7H,4-5,8H2,1-3H3,(H,16,18);1H. The van der Waals surface area contributed by atoms with E-state index in [4.69, 9.17) is 0 Å². The van der Waals surface area contributed by atoms with E-state index in [1.807, 2.05) is 19.1 Å². The van der Waals surface area contributed by atoms with Crippen LogP contribution in [0.1, 0.15) is 19.4 Å². The van der Waals surface area contributed by atoms with Crippen molar-refractivity contribution in [3.8, 4) is 0 Å². The molecular weight excluding hydrogens is 395 g/mol. The van der Waals surface area contributed by atoms with Crippen molar-refractivity contribution in [3.63, 3.8) is 0 Å². The summed E-state index contributed by atoms with van der Waals surface area (Å²) in [5.41, 5.74) is 1.92. The third-order valence-electron chi connectivity index (χ3n) is 2.71. The second kappa shape index (κ2) is 8.95. The minimum absolute atomic E-state index is 0. The zero-order valence-electron chi connectivity index (χ0n) is 11.3. The van der Waals surface area contributed by atoms with Crippen LogP contribution in [0.4, 0.5) is 5.69 Å². The van der Waals surface area contributed by atoms with E-state index in [1.165, 1.54) is 0 Å². The maximum atomic E-state index is 11.9. The lowest BCUT2D eigenvalue weighted by molar-refractivity contribution is -0.117. The molecule has 0 saturated carbocycles. The summed E-state index contributed by atoms with van der Waals surface area (Å²) in [5.74, 6) is 0.00366. The van der Waals surface area contributed by atoms with Gasteiger partial charge in [-0.25, -0.2) is 0 Å². The largest absolute Gasteiger partial charge is 0.323 e. The zero-order chi connectivity index (χ0) is 13.7. The van der Waals surface area contributed by atoms with Gasteiger partial charge < -0.3 is 5.32 Å². The SMILES string of the molecule is CCN(CC)CC(=O)Nc1c(Br)cc(C)cc1Br.Cl. The lowest BCUT2D eigenvalue weighted by atomic mass is 10.2. The van der Waals surface area contributed by atoms with Crippen molar-refractivity contribution in [2.75, 3.05) is 25.0 Å². The van der Waals surface area contributed by atoms with Crippen molar-refractivity contribution in [1.82, 2.24) is 4.90 Å². The molecule has 1 aromatic carbocycles. The first kappa shape index (κ1) is 18.9. The Morgan fingerprint density at radius 2 is 1.68 bits per heavy atom. The summed E-state index contributed by atoms with van der Waals surface area (Å²) in [5, 5.41) is 2.93. The van der Waals surface area contributed by atoms with E-state index in [-0.39, 0.29) is 18.3 Å². The Hall–Kier alpha value is -0.100. The van der Waals surface area contributed by atoms with Crippen LogP contribution in [-0.2, 0) is 4.79 Å². The van der Waals surface area contributed by atoms with Crippen LogP contribution in [0.2, 0.25) is 0 Å². The van der Waals surface area contributed by atoms with Gasteiger partial charge >= 0.3 is 0 Å². The van der Waals surface area contributed by atoms with Crippen LogP contribution in [-0.4, -0.2) is 30.4 Å². The number of amides is 1. The number of aryl methyl sites for hydroxylation is 1. The smallest absolute Gasteiger partial charge is 0.238 e. The molecule has 0 spiro atoms. The molecule has 1 amide bonds. The molecule has 19 heavy (non-hydrogen) atoms. The molecule has 0 bridgehead atoms. The molecule has 108 valence electrons. The molecule has 1 rings (SSSR count). The lowest BCUT2D eigenvalue weighted by Gasteiger charge is -2.18. The number of halogens is 3. The molecule has 0 aliphatic heterocycles. The van der Waals surface area contributed by atoms with Gasteiger partial charge in [-0.1, -0.05) is 13.8 Å². The third-order valence-corrected chi connectivity index (χ3v) is 3.96. The Labute approximate surface area is 137 Å². The molecule has 1 aromatic rings. The maximum absolute atomic E-state index is 11.9. The Morgan fingerprint density at radius 1 is 1.21 bits per heavy atom. The highest BCUT2D eigenvalue weighted by atomic mass is 79.9. The summed E-state index contributed by atoms with van der Waals surface area (Å²) in [4.78, 5) is 14.0. The quantitative estimate of drug-likeness (QED) is 0.782. The predicted molar refractivity (Wildman–Crippen MR) is 90.2 cm³/mol. The molecule has 0 atom stereocenters. The Morgan fingerprint density at radius 3 is 2.11 bits per heavy atom. The second-order valence-electron chi connectivity index (χ2n) is 4.11. The van der Waals surface area contributed by atoms with Crippen molar-refractivity contribution < 1.29 is 4.79 Å². The summed E-state index contributed by atoms with van der Waals surface area (Å²) in [6.07, 6.45) is 0. The molecule has 0 aliphatic carbocycles. The highest BCUT2D eigenvalue weighted by Crippen LogP contribution is 2.32. The van der Waals surface area contributed by atoms with Gasteiger partial charge in [-0.2, -0.15) is 0 Å². The Balaban J connectivity index is 0.00000324. The fourth-order valence-corrected chi connectivity index (χ4v) is 3.26. The van der Waals surface area contributed by atoms with Crippen molar-refractivity contribution in [3.05, 3.63) is 26.6 Å². The van der Waals surface area contributed by atoms with E-state index in [0.717, 1.165) is 33.3 Å². The number of hydrogen-bond donors (Lipinski definition) is 1. The zero-order valence-corrected chi connectivity index (χ0v) is 15.3. The molecular formula is C13H19Br2ClN2O. The minimum atomic E-state index is 0. The number of carbonyl (C=O) groups is 1. The average Bonchev–Trinajstić information content (AvgIpc) is 2.30. The van der Waals surface area contributed by atoms with Crippen LogP contribution >= 0.6 is 44.3 Å². The molecule has 0 aromatic heterocycles. The second-order valence-corrected chi connectivity index (χ2v) is 5.82. The monoisotopic (exact) mass is 412 g/mol. The minimum Gasteiger partial charge on any atom is -0.323 e. The number of nitrogens with one attached hydrogen (secondary N) is 1. The molecule has 1 N–H and O–H groups in total. The van der Waals surface area contributed by atoms with Gasteiger partial charge in [-0.15, -0.1) is 12.4 Å². The predicted octanol–water partition coefficient (Wildman–Crippen LogP) is 4.22. The maximum Gasteiger partial charge on any atom is 0.238 e. The fraction of sp³-hybridized carbons (Fsp3) is 0.462. The number of carbonyl (C=O) groups excluding carboxylic acids is 1. The summed E-state index contributed by atoms with van der Waals surface area (Å²) >= 11 is 6.94. The van der Waals surface area contributed by atoms with Crippen LogP contribution < -0.4 is 5.32 Å². The van der Waals surface area contributed by atoms with Crippen LogP contribution in [0.5, 0.6) is 0 Å². The van der Waals surface area contributed by atoms with Gasteiger partial charge in [-0.05, 0) is 69.6 Å². The molecule has 6 heteroatoms. The first-order valence-corrected chi connectivity index (χ1v) is 7.54. The Bertz CT molecular complexity index is 414. The fourth-order valence-electron chi connectivity index (χ4n) is 1.65. The highest BCUT2D eigenvalue weighted by Gasteiger charge is 2.12. The van der Waals surface area contributed by atoms with Gasteiger partial charge in [0.15, 0.2) is 0 Å². The topological polar surface area (TPSA) is 32.3 Å². The number of benzene rings is 1. The van der Waals surface area contributed by atoms with Gasteiger partial charge in [0.25, 0.3) is 0 Å². The summed E-state index contributed by atoms with van der Waals surface area (Å²) < 4.78 is 1.78. The van der Waals surface area contributed by atoms with Gasteiger partial charge in [0.05, 0.1) is 12.2 Å². The molecule has 0 fully saturated rings. The van der Waals surface area contributed by atoms with Crippen LogP contribution in [0, 0.1) is 6.92 Å². The molecule has 0 heterocycles. The Kier molecular flexibility index (Phi) is 8.90. The number of likely N-dealkylation sites (N-methyl/N-ethyl adjacent to an activating group) is 1. The van der Waals surface area contributed by atoms with Gasteiger partial charge in [0.1, 0.15) is 0 Å².